The Hall–Kier alpha value is -3.82. The molecule has 186 valence electrons. The number of carbonyl (C=O) groups excluding carboxylic acids is 2. The van der Waals surface area contributed by atoms with Crippen LogP contribution in [0.3, 0.4) is 0 Å². The van der Waals surface area contributed by atoms with Crippen molar-refractivity contribution in [2.45, 2.75) is 12.8 Å². The quantitative estimate of drug-likeness (QED) is 0.337. The number of piperazine rings is 1. The zero-order valence-corrected chi connectivity index (χ0v) is 19.8. The van der Waals surface area contributed by atoms with E-state index in [0.29, 0.717) is 57.8 Å². The molecule has 2 aliphatic heterocycles. The summed E-state index contributed by atoms with van der Waals surface area (Å²) in [6.45, 7) is 3.32. The number of benzene rings is 2. The molecule has 10 heteroatoms. The fourth-order valence-electron chi connectivity index (χ4n) is 4.59. The minimum atomic E-state index is -0.391. The van der Waals surface area contributed by atoms with Gasteiger partial charge in [-0.05, 0) is 43.2 Å². The lowest BCUT2D eigenvalue weighted by Gasteiger charge is -2.36. The summed E-state index contributed by atoms with van der Waals surface area (Å²) in [5.74, 6) is -0.0762. The number of methoxy groups -OCH3 is 1. The summed E-state index contributed by atoms with van der Waals surface area (Å²) >= 11 is 0. The normalized spacial score (nSPS) is 16.7. The van der Waals surface area contributed by atoms with Gasteiger partial charge in [0.2, 0.25) is 0 Å². The number of rotatable bonds is 7. The van der Waals surface area contributed by atoms with Crippen molar-refractivity contribution in [3.63, 3.8) is 0 Å². The number of carbonyl (C=O) groups is 2. The summed E-state index contributed by atoms with van der Waals surface area (Å²) in [7, 11) is 1.63. The van der Waals surface area contributed by atoms with Crippen LogP contribution in [0.15, 0.2) is 48.5 Å². The molecule has 2 aliphatic rings. The average Bonchev–Trinajstić information content (AvgIpc) is 2.91. The zero-order valence-electron chi connectivity index (χ0n) is 19.8. The Balaban J connectivity index is 1.20. The van der Waals surface area contributed by atoms with Crippen LogP contribution in [0.1, 0.15) is 12.8 Å². The second kappa shape index (κ2) is 11.1. The highest BCUT2D eigenvalue weighted by atomic mass is 16.6. The first-order chi connectivity index (χ1) is 17.0. The number of hydrogen-bond donors (Lipinski definition) is 0. The minimum Gasteiger partial charge on any atom is -0.497 e. The average molecular weight is 483 g/mol. The van der Waals surface area contributed by atoms with Crippen molar-refractivity contribution >= 4 is 28.9 Å². The molecular weight excluding hydrogens is 452 g/mol. The molecule has 35 heavy (non-hydrogen) atoms. The molecule has 0 radical (unpaired) electrons. The van der Waals surface area contributed by atoms with Crippen molar-refractivity contribution < 1.29 is 24.0 Å². The number of nitrogens with zero attached hydrogens (tertiary/aromatic N) is 4. The Morgan fingerprint density at radius 2 is 1.60 bits per heavy atom. The number of amides is 1. The van der Waals surface area contributed by atoms with Crippen LogP contribution in [0.5, 0.6) is 5.75 Å². The van der Waals surface area contributed by atoms with Gasteiger partial charge in [-0.15, -0.1) is 0 Å². The van der Waals surface area contributed by atoms with Crippen molar-refractivity contribution in [2.75, 3.05) is 62.8 Å². The van der Waals surface area contributed by atoms with Crippen LogP contribution in [-0.2, 0) is 14.3 Å². The van der Waals surface area contributed by atoms with Crippen LogP contribution in [0.25, 0.3) is 0 Å². The van der Waals surface area contributed by atoms with Crippen LogP contribution in [0.4, 0.5) is 17.1 Å². The summed E-state index contributed by atoms with van der Waals surface area (Å²) < 4.78 is 10.5. The van der Waals surface area contributed by atoms with Crippen molar-refractivity contribution in [1.82, 2.24) is 4.90 Å². The molecule has 0 unspecified atom stereocenters. The van der Waals surface area contributed by atoms with Gasteiger partial charge in [-0.1, -0.05) is 12.1 Å². The molecule has 2 heterocycles. The Labute approximate surface area is 204 Å². The molecule has 0 N–H and O–H groups in total. The summed E-state index contributed by atoms with van der Waals surface area (Å²) in [5, 5.41) is 11.3. The molecule has 2 aromatic rings. The number of nitro groups is 1. The molecule has 1 amide bonds. The molecule has 10 nitrogen and oxygen atoms in total. The lowest BCUT2D eigenvalue weighted by Crippen LogP contribution is -2.50. The number of piperidine rings is 1. The van der Waals surface area contributed by atoms with E-state index in [1.165, 1.54) is 6.07 Å². The lowest BCUT2D eigenvalue weighted by atomic mass is 9.96. The Morgan fingerprint density at radius 1 is 0.943 bits per heavy atom. The highest BCUT2D eigenvalue weighted by Gasteiger charge is 2.30. The molecular formula is C25H30N4O6. The van der Waals surface area contributed by atoms with Gasteiger partial charge in [0.15, 0.2) is 6.61 Å². The van der Waals surface area contributed by atoms with Crippen LogP contribution in [-0.4, -0.2) is 74.7 Å². The summed E-state index contributed by atoms with van der Waals surface area (Å²) in [6.07, 6.45) is 1.05. The minimum absolute atomic E-state index is 0.0613. The SMILES string of the molecule is COc1ccc(N2CCN(C(=O)COC(=O)C3CCN(c4ccccc4[N+](=O)[O-])CC3)CC2)cc1. The van der Waals surface area contributed by atoms with Crippen molar-refractivity contribution in [2.24, 2.45) is 5.92 Å². The van der Waals surface area contributed by atoms with Crippen LogP contribution in [0.2, 0.25) is 0 Å². The van der Waals surface area contributed by atoms with Gasteiger partial charge in [0.25, 0.3) is 11.6 Å². The van der Waals surface area contributed by atoms with Gasteiger partial charge in [0.05, 0.1) is 18.0 Å². The van der Waals surface area contributed by atoms with Gasteiger partial charge < -0.3 is 24.2 Å². The third kappa shape index (κ3) is 5.82. The van der Waals surface area contributed by atoms with Gasteiger partial charge in [0, 0.05) is 51.0 Å². The lowest BCUT2D eigenvalue weighted by molar-refractivity contribution is -0.384. The van der Waals surface area contributed by atoms with Crippen LogP contribution >= 0.6 is 0 Å². The van der Waals surface area contributed by atoms with Crippen LogP contribution < -0.4 is 14.5 Å². The monoisotopic (exact) mass is 482 g/mol. The highest BCUT2D eigenvalue weighted by Crippen LogP contribution is 2.31. The fourth-order valence-corrected chi connectivity index (χ4v) is 4.59. The summed E-state index contributed by atoms with van der Waals surface area (Å²) in [6, 6.07) is 14.4. The van der Waals surface area contributed by atoms with E-state index in [4.69, 9.17) is 9.47 Å². The van der Waals surface area contributed by atoms with Gasteiger partial charge in [-0.25, -0.2) is 0 Å². The zero-order chi connectivity index (χ0) is 24.8. The van der Waals surface area contributed by atoms with Crippen LogP contribution in [0, 0.1) is 16.0 Å². The molecule has 0 saturated carbocycles. The molecule has 0 atom stereocenters. The molecule has 0 spiro atoms. The Kier molecular flexibility index (Phi) is 7.69. The van der Waals surface area contributed by atoms with Crippen molar-refractivity contribution in [3.05, 3.63) is 58.6 Å². The molecule has 2 saturated heterocycles. The van der Waals surface area contributed by atoms with E-state index in [1.54, 1.807) is 30.2 Å². The summed E-state index contributed by atoms with van der Waals surface area (Å²) in [5.41, 5.74) is 1.70. The molecule has 0 bridgehead atoms. The number of hydrogen-bond acceptors (Lipinski definition) is 8. The number of esters is 1. The Bertz CT molecular complexity index is 1040. The number of para-hydroxylation sites is 2. The third-order valence-electron chi connectivity index (χ3n) is 6.66. The summed E-state index contributed by atoms with van der Waals surface area (Å²) in [4.78, 5) is 41.9. The van der Waals surface area contributed by atoms with E-state index in [0.717, 1.165) is 11.4 Å². The maximum atomic E-state index is 12.6. The van der Waals surface area contributed by atoms with E-state index in [1.807, 2.05) is 29.2 Å². The van der Waals surface area contributed by atoms with E-state index in [-0.39, 0.29) is 30.1 Å². The predicted molar refractivity (Wildman–Crippen MR) is 131 cm³/mol. The third-order valence-corrected chi connectivity index (χ3v) is 6.66. The molecule has 2 fully saturated rings. The molecule has 2 aromatic carbocycles. The number of nitro benzene ring substituents is 1. The Morgan fingerprint density at radius 3 is 2.23 bits per heavy atom. The smallest absolute Gasteiger partial charge is 0.309 e. The highest BCUT2D eigenvalue weighted by molar-refractivity contribution is 5.81. The van der Waals surface area contributed by atoms with E-state index < -0.39 is 4.92 Å². The van der Waals surface area contributed by atoms with Gasteiger partial charge in [-0.2, -0.15) is 0 Å². The fraction of sp³-hybridized carbons (Fsp3) is 0.440. The predicted octanol–water partition coefficient (Wildman–Crippen LogP) is 2.71. The molecule has 4 rings (SSSR count). The van der Waals surface area contributed by atoms with Gasteiger partial charge >= 0.3 is 5.97 Å². The van der Waals surface area contributed by atoms with Crippen molar-refractivity contribution in [1.29, 1.82) is 0 Å². The first-order valence-electron chi connectivity index (χ1n) is 11.8. The van der Waals surface area contributed by atoms with Crippen molar-refractivity contribution in [3.8, 4) is 5.75 Å². The second-order valence-corrected chi connectivity index (χ2v) is 8.68. The maximum Gasteiger partial charge on any atom is 0.309 e. The topological polar surface area (TPSA) is 105 Å². The van der Waals surface area contributed by atoms with Gasteiger partial charge in [-0.3, -0.25) is 19.7 Å². The van der Waals surface area contributed by atoms with E-state index in [2.05, 4.69) is 4.90 Å². The number of anilines is 2. The largest absolute Gasteiger partial charge is 0.497 e. The van der Waals surface area contributed by atoms with Gasteiger partial charge in [0.1, 0.15) is 11.4 Å². The molecule has 0 aromatic heterocycles. The molecule has 0 aliphatic carbocycles. The standard InChI is InChI=1S/C25H30N4O6/c1-34-21-8-6-20(7-9-21)26-14-16-28(17-15-26)24(30)18-35-25(31)19-10-12-27(13-11-19)22-4-2-3-5-23(22)29(32)33/h2-9,19H,10-18H2,1H3. The number of ether oxygens (including phenoxy) is 2. The first-order valence-corrected chi connectivity index (χ1v) is 11.8. The first kappa shape index (κ1) is 24.3. The van der Waals surface area contributed by atoms with E-state index >= 15 is 0 Å². The van der Waals surface area contributed by atoms with E-state index in [9.17, 15) is 19.7 Å². The maximum absolute atomic E-state index is 12.6. The second-order valence-electron chi connectivity index (χ2n) is 8.68.